The maximum Gasteiger partial charge on any atom is 0.266 e. The number of aryl methyl sites for hydroxylation is 1. The molecule has 3 aromatic rings. The van der Waals surface area contributed by atoms with Gasteiger partial charge in [0.15, 0.2) is 15.0 Å². The Balaban J connectivity index is 1.87. The molecule has 8 heteroatoms. The minimum Gasteiger partial charge on any atom is -0.391 e. The van der Waals surface area contributed by atoms with Gasteiger partial charge in [-0.1, -0.05) is 43.0 Å². The number of thioether (sulfide) groups is 1. The molecule has 1 aliphatic rings. The van der Waals surface area contributed by atoms with Crippen molar-refractivity contribution in [3.05, 3.63) is 64.4 Å². The van der Waals surface area contributed by atoms with E-state index in [4.69, 9.17) is 0 Å². The van der Waals surface area contributed by atoms with Gasteiger partial charge in [0, 0.05) is 0 Å². The molecule has 2 atom stereocenters. The van der Waals surface area contributed by atoms with E-state index in [-0.39, 0.29) is 17.1 Å². The molecule has 0 amide bonds. The van der Waals surface area contributed by atoms with E-state index in [9.17, 15) is 18.3 Å². The average Bonchev–Trinajstić information content (AvgIpc) is 2.93. The van der Waals surface area contributed by atoms with Crippen LogP contribution in [-0.2, 0) is 16.3 Å². The highest BCUT2D eigenvalue weighted by Crippen LogP contribution is 2.31. The molecule has 1 aromatic heterocycles. The molecule has 0 radical (unpaired) electrons. The zero-order chi connectivity index (χ0) is 19.9. The Morgan fingerprint density at radius 2 is 1.86 bits per heavy atom. The molecule has 0 saturated carbocycles. The van der Waals surface area contributed by atoms with E-state index in [1.54, 1.807) is 24.3 Å². The molecule has 0 bridgehead atoms. The maximum absolute atomic E-state index is 13.2. The summed E-state index contributed by atoms with van der Waals surface area (Å²) < 4.78 is 25.3. The van der Waals surface area contributed by atoms with Crippen molar-refractivity contribution < 1.29 is 13.5 Å². The van der Waals surface area contributed by atoms with Crippen LogP contribution < -0.4 is 5.56 Å². The van der Waals surface area contributed by atoms with Crippen LogP contribution in [0.3, 0.4) is 0 Å². The molecule has 2 aromatic carbocycles. The maximum atomic E-state index is 13.2. The molecule has 0 spiro atoms. The van der Waals surface area contributed by atoms with Crippen molar-refractivity contribution in [1.29, 1.82) is 0 Å². The van der Waals surface area contributed by atoms with Gasteiger partial charge in [-0.15, -0.1) is 0 Å². The summed E-state index contributed by atoms with van der Waals surface area (Å²) in [6.45, 7) is 2.06. The molecule has 0 unspecified atom stereocenters. The molecule has 4 rings (SSSR count). The van der Waals surface area contributed by atoms with E-state index in [1.807, 2.05) is 24.3 Å². The minimum absolute atomic E-state index is 0.129. The number of para-hydroxylation sites is 1. The lowest BCUT2D eigenvalue weighted by Crippen LogP contribution is -2.25. The zero-order valence-corrected chi connectivity index (χ0v) is 16.9. The van der Waals surface area contributed by atoms with Crippen molar-refractivity contribution in [3.8, 4) is 5.69 Å². The van der Waals surface area contributed by atoms with Crippen LogP contribution >= 0.6 is 11.8 Å². The van der Waals surface area contributed by atoms with Gasteiger partial charge in [-0.2, -0.15) is 0 Å². The first kappa shape index (κ1) is 19.2. The fraction of sp³-hybridized carbons (Fsp3) is 0.300. The van der Waals surface area contributed by atoms with Crippen LogP contribution in [0.4, 0.5) is 0 Å². The number of hydrogen-bond donors (Lipinski definition) is 1. The highest BCUT2D eigenvalue weighted by molar-refractivity contribution is 8.01. The number of aliphatic hydroxyl groups is 1. The quantitative estimate of drug-likeness (QED) is 0.656. The van der Waals surface area contributed by atoms with Gasteiger partial charge in [-0.25, -0.2) is 13.4 Å². The van der Waals surface area contributed by atoms with Crippen LogP contribution in [0.5, 0.6) is 0 Å². The molecule has 28 heavy (non-hydrogen) atoms. The number of benzene rings is 2. The number of nitrogens with zero attached hydrogens (tertiary/aromatic N) is 2. The first-order valence-electron chi connectivity index (χ1n) is 9.04. The van der Waals surface area contributed by atoms with Crippen LogP contribution in [0.2, 0.25) is 0 Å². The van der Waals surface area contributed by atoms with Gasteiger partial charge in [0.05, 0.1) is 39.4 Å². The Bertz CT molecular complexity index is 1190. The Hall–Kier alpha value is -2.16. The second-order valence-corrected chi connectivity index (χ2v) is 10.2. The third-order valence-corrected chi connectivity index (χ3v) is 8.07. The number of fused-ring (bicyclic) bond motifs is 1. The predicted octanol–water partition coefficient (Wildman–Crippen LogP) is 2.20. The standard InChI is InChI=1S/C20H20N2O4S2/c1-2-13-7-9-14(10-8-13)22-19(24)15-5-3-4-6-16(15)21-20(22)27-18-12-28(25,26)11-17(18)23/h3-10,17-18,23H,2,11-12H2,1H3/t17-,18+/m1/s1. The summed E-state index contributed by atoms with van der Waals surface area (Å²) in [5, 5.41) is 10.5. The van der Waals surface area contributed by atoms with Gasteiger partial charge >= 0.3 is 0 Å². The van der Waals surface area contributed by atoms with Crippen LogP contribution in [0.25, 0.3) is 16.6 Å². The van der Waals surface area contributed by atoms with Gasteiger partial charge < -0.3 is 5.11 Å². The third-order valence-electron chi connectivity index (χ3n) is 4.88. The Kier molecular flexibility index (Phi) is 5.03. The minimum atomic E-state index is -3.29. The molecule has 1 aliphatic heterocycles. The third kappa shape index (κ3) is 3.59. The summed E-state index contributed by atoms with van der Waals surface area (Å²) in [6, 6.07) is 14.7. The van der Waals surface area contributed by atoms with Crippen molar-refractivity contribution >= 4 is 32.5 Å². The molecule has 1 saturated heterocycles. The molecular weight excluding hydrogens is 396 g/mol. The lowest BCUT2D eigenvalue weighted by Gasteiger charge is -2.17. The Morgan fingerprint density at radius 1 is 1.14 bits per heavy atom. The van der Waals surface area contributed by atoms with E-state index >= 15 is 0 Å². The van der Waals surface area contributed by atoms with Crippen molar-refractivity contribution in [3.63, 3.8) is 0 Å². The van der Waals surface area contributed by atoms with Crippen LogP contribution in [0, 0.1) is 0 Å². The zero-order valence-electron chi connectivity index (χ0n) is 15.3. The predicted molar refractivity (Wildman–Crippen MR) is 111 cm³/mol. The van der Waals surface area contributed by atoms with E-state index in [2.05, 4.69) is 11.9 Å². The first-order valence-corrected chi connectivity index (χ1v) is 11.7. The highest BCUT2D eigenvalue weighted by atomic mass is 32.2. The number of hydrogen-bond acceptors (Lipinski definition) is 6. The summed E-state index contributed by atoms with van der Waals surface area (Å²) in [5.41, 5.74) is 2.15. The fourth-order valence-electron chi connectivity index (χ4n) is 3.34. The van der Waals surface area contributed by atoms with Gasteiger partial charge in [0.2, 0.25) is 0 Å². The number of rotatable bonds is 4. The smallest absolute Gasteiger partial charge is 0.266 e. The fourth-order valence-corrected chi connectivity index (χ4v) is 6.94. The Morgan fingerprint density at radius 3 is 2.50 bits per heavy atom. The summed E-state index contributed by atoms with van der Waals surface area (Å²) in [4.78, 5) is 17.8. The molecule has 1 fully saturated rings. The summed E-state index contributed by atoms with van der Waals surface area (Å²) in [5.74, 6) is -0.385. The highest BCUT2D eigenvalue weighted by Gasteiger charge is 2.38. The topological polar surface area (TPSA) is 89.3 Å². The molecule has 1 N–H and O–H groups in total. The molecule has 146 valence electrons. The first-order chi connectivity index (χ1) is 13.4. The molecular formula is C20H20N2O4S2. The molecule has 2 heterocycles. The second kappa shape index (κ2) is 7.35. The van der Waals surface area contributed by atoms with Gasteiger partial charge in [0.25, 0.3) is 5.56 Å². The van der Waals surface area contributed by atoms with Gasteiger partial charge in [0.1, 0.15) is 0 Å². The average molecular weight is 417 g/mol. The SMILES string of the molecule is CCc1ccc(-n2c(S[C@H]3CS(=O)(=O)C[C@H]3O)nc3ccccc3c2=O)cc1. The lowest BCUT2D eigenvalue weighted by atomic mass is 10.1. The Labute approximate surface area is 167 Å². The van der Waals surface area contributed by atoms with E-state index < -0.39 is 21.2 Å². The van der Waals surface area contributed by atoms with Gasteiger partial charge in [-0.3, -0.25) is 9.36 Å². The van der Waals surface area contributed by atoms with Crippen LogP contribution in [0.1, 0.15) is 12.5 Å². The second-order valence-electron chi connectivity index (χ2n) is 6.87. The van der Waals surface area contributed by atoms with Crippen molar-refractivity contribution in [1.82, 2.24) is 9.55 Å². The number of aromatic nitrogens is 2. The van der Waals surface area contributed by atoms with Crippen LogP contribution in [-0.4, -0.2) is 45.9 Å². The van der Waals surface area contributed by atoms with Crippen molar-refractivity contribution in [2.24, 2.45) is 0 Å². The normalized spacial score (nSPS) is 21.2. The monoisotopic (exact) mass is 416 g/mol. The molecule has 6 nitrogen and oxygen atoms in total. The molecule has 0 aliphatic carbocycles. The van der Waals surface area contributed by atoms with E-state index in [0.717, 1.165) is 23.7 Å². The summed E-state index contributed by atoms with van der Waals surface area (Å²) in [6.07, 6.45) is -0.0897. The number of sulfone groups is 1. The summed E-state index contributed by atoms with van der Waals surface area (Å²) in [7, 11) is -3.29. The van der Waals surface area contributed by atoms with E-state index in [0.29, 0.717) is 21.7 Å². The lowest BCUT2D eigenvalue weighted by molar-refractivity contribution is 0.207. The van der Waals surface area contributed by atoms with Crippen LogP contribution in [0.15, 0.2) is 58.5 Å². The van der Waals surface area contributed by atoms with Crippen molar-refractivity contribution in [2.45, 2.75) is 29.9 Å². The summed E-state index contributed by atoms with van der Waals surface area (Å²) >= 11 is 1.14. The van der Waals surface area contributed by atoms with Crippen molar-refractivity contribution in [2.75, 3.05) is 11.5 Å². The largest absolute Gasteiger partial charge is 0.391 e. The van der Waals surface area contributed by atoms with Gasteiger partial charge in [-0.05, 0) is 36.2 Å². The van der Waals surface area contributed by atoms with E-state index in [1.165, 1.54) is 4.57 Å². The number of aliphatic hydroxyl groups excluding tert-OH is 1.